The third-order valence-electron chi connectivity index (χ3n) is 4.65. The van der Waals surface area contributed by atoms with Crippen LogP contribution < -0.4 is 19.1 Å². The molecule has 0 saturated carbocycles. The van der Waals surface area contributed by atoms with Crippen molar-refractivity contribution < 1.29 is 23.4 Å². The number of ether oxygens (including phenoxy) is 3. The highest BCUT2D eigenvalue weighted by Gasteiger charge is 2.33. The maximum absolute atomic E-state index is 14.0. The van der Waals surface area contributed by atoms with Gasteiger partial charge < -0.3 is 14.2 Å². The first-order valence-corrected chi connectivity index (χ1v) is 12.1. The number of amides is 1. The van der Waals surface area contributed by atoms with Crippen molar-refractivity contribution in [2.45, 2.75) is 13.8 Å². The van der Waals surface area contributed by atoms with Gasteiger partial charge in [0.25, 0.3) is 11.8 Å². The molecule has 1 amide bonds. The first-order valence-electron chi connectivity index (χ1n) is 10.5. The molecule has 35 heavy (non-hydrogen) atoms. The summed E-state index contributed by atoms with van der Waals surface area (Å²) in [7, 11) is 0. The summed E-state index contributed by atoms with van der Waals surface area (Å²) in [6.45, 7) is 4.60. The summed E-state index contributed by atoms with van der Waals surface area (Å²) in [6, 6.07) is 12.2. The zero-order chi connectivity index (χ0) is 24.9. The van der Waals surface area contributed by atoms with Gasteiger partial charge in [-0.15, -0.1) is 0 Å². The molecule has 180 valence electrons. The maximum atomic E-state index is 14.0. The van der Waals surface area contributed by atoms with Crippen LogP contribution in [0.15, 0.2) is 53.6 Å². The van der Waals surface area contributed by atoms with E-state index in [0.717, 1.165) is 6.20 Å². The first kappa shape index (κ1) is 24.9. The lowest BCUT2D eigenvalue weighted by molar-refractivity contribution is -0.113. The highest BCUT2D eigenvalue weighted by Crippen LogP contribution is 2.38. The summed E-state index contributed by atoms with van der Waals surface area (Å²) >= 11 is 12.4. The van der Waals surface area contributed by atoms with Crippen molar-refractivity contribution in [2.75, 3.05) is 18.1 Å². The second kappa shape index (κ2) is 11.0. The fourth-order valence-corrected chi connectivity index (χ4v) is 4.60. The van der Waals surface area contributed by atoms with Gasteiger partial charge in [-0.3, -0.25) is 9.69 Å². The molecule has 0 unspecified atom stereocenters. The molecule has 4 rings (SSSR count). The number of thioether (sulfide) groups is 1. The minimum absolute atomic E-state index is 0.148. The monoisotopic (exact) mass is 531 g/mol. The van der Waals surface area contributed by atoms with E-state index in [1.54, 1.807) is 55.5 Å². The molecule has 11 heteroatoms. The van der Waals surface area contributed by atoms with E-state index >= 15 is 0 Å². The van der Waals surface area contributed by atoms with Gasteiger partial charge in [-0.1, -0.05) is 30.0 Å². The number of aromatic nitrogens is 2. The van der Waals surface area contributed by atoms with E-state index in [-0.39, 0.29) is 22.8 Å². The lowest BCUT2D eigenvalue weighted by atomic mass is 10.1. The molecule has 2 aromatic carbocycles. The lowest BCUT2D eigenvalue weighted by Crippen LogP contribution is -2.27. The summed E-state index contributed by atoms with van der Waals surface area (Å²) in [6.07, 6.45) is 2.63. The molecular formula is C24H19ClFN3O4S2. The Bertz CT molecular complexity index is 1300. The largest absolute Gasteiger partial charge is 0.494 e. The summed E-state index contributed by atoms with van der Waals surface area (Å²) in [5.41, 5.74) is 1.33. The van der Waals surface area contributed by atoms with Crippen LogP contribution in [0.2, 0.25) is 5.28 Å². The predicted molar refractivity (Wildman–Crippen MR) is 138 cm³/mol. The smallest absolute Gasteiger partial charge is 0.270 e. The first-order chi connectivity index (χ1) is 16.9. The van der Waals surface area contributed by atoms with Crippen LogP contribution >= 0.6 is 35.6 Å². The molecule has 0 bridgehead atoms. The highest BCUT2D eigenvalue weighted by molar-refractivity contribution is 8.27. The number of hydrogen-bond donors (Lipinski definition) is 0. The van der Waals surface area contributed by atoms with E-state index in [0.29, 0.717) is 45.2 Å². The van der Waals surface area contributed by atoms with E-state index < -0.39 is 5.82 Å². The third kappa shape index (κ3) is 5.72. The summed E-state index contributed by atoms with van der Waals surface area (Å²) in [5.74, 6) is -0.0296. The number of hydrogen-bond acceptors (Lipinski definition) is 8. The number of carbonyl (C=O) groups is 1. The molecule has 1 saturated heterocycles. The number of anilines is 1. The van der Waals surface area contributed by atoms with Crippen molar-refractivity contribution in [1.82, 2.24) is 9.97 Å². The Balaban J connectivity index is 1.59. The number of nitrogens with zero attached hydrogens (tertiary/aromatic N) is 3. The van der Waals surface area contributed by atoms with E-state index in [9.17, 15) is 9.18 Å². The molecular weight excluding hydrogens is 513 g/mol. The van der Waals surface area contributed by atoms with Crippen LogP contribution in [0.4, 0.5) is 10.1 Å². The molecule has 0 aliphatic carbocycles. The minimum atomic E-state index is -0.765. The molecule has 3 aromatic rings. The van der Waals surface area contributed by atoms with E-state index in [1.807, 2.05) is 6.92 Å². The average molecular weight is 532 g/mol. The predicted octanol–water partition coefficient (Wildman–Crippen LogP) is 6.26. The van der Waals surface area contributed by atoms with Gasteiger partial charge in [-0.25, -0.2) is 4.98 Å². The van der Waals surface area contributed by atoms with Gasteiger partial charge >= 0.3 is 0 Å². The number of carbonyl (C=O) groups excluding carboxylic acids is 1. The topological polar surface area (TPSA) is 73.8 Å². The Labute approximate surface area is 215 Å². The standard InChI is InChI=1S/C24H19ClFN3O4S2/c1-3-31-16-8-6-15(7-9-16)29-22(30)20(35-24(29)34)12-14-5-10-18(19(11-14)32-4-2)33-21-17(26)13-27-23(25)28-21/h5-13H,3-4H2,1-2H3. The average Bonchev–Trinajstić information content (AvgIpc) is 3.11. The molecule has 7 nitrogen and oxygen atoms in total. The molecule has 0 atom stereocenters. The Kier molecular flexibility index (Phi) is 7.84. The van der Waals surface area contributed by atoms with Crippen molar-refractivity contribution in [1.29, 1.82) is 0 Å². The molecule has 2 heterocycles. The molecule has 0 N–H and O–H groups in total. The fraction of sp³-hybridized carbons (Fsp3) is 0.167. The van der Waals surface area contributed by atoms with Crippen LogP contribution in [0, 0.1) is 5.82 Å². The second-order valence-electron chi connectivity index (χ2n) is 6.98. The van der Waals surface area contributed by atoms with Gasteiger partial charge in [0.2, 0.25) is 11.1 Å². The Hall–Kier alpha value is -3.21. The highest BCUT2D eigenvalue weighted by atomic mass is 35.5. The van der Waals surface area contributed by atoms with Crippen LogP contribution in [0.25, 0.3) is 6.08 Å². The van der Waals surface area contributed by atoms with E-state index in [1.165, 1.54) is 16.7 Å². The van der Waals surface area contributed by atoms with Gasteiger partial charge in [-0.05, 0) is 73.5 Å². The zero-order valence-corrected chi connectivity index (χ0v) is 21.0. The number of thiocarbonyl (C=S) groups is 1. The van der Waals surface area contributed by atoms with Crippen molar-refractivity contribution in [3.63, 3.8) is 0 Å². The van der Waals surface area contributed by atoms with Crippen molar-refractivity contribution in [2.24, 2.45) is 0 Å². The molecule has 1 aromatic heterocycles. The molecule has 1 fully saturated rings. The SMILES string of the molecule is CCOc1ccc(N2C(=O)C(=Cc3ccc(Oc4nc(Cl)ncc4F)c(OCC)c3)SC2=S)cc1. The summed E-state index contributed by atoms with van der Waals surface area (Å²) < 4.78 is 31.1. The molecule has 0 spiro atoms. The lowest BCUT2D eigenvalue weighted by Gasteiger charge is -2.15. The molecule has 0 radical (unpaired) electrons. The Morgan fingerprint density at radius 2 is 1.86 bits per heavy atom. The number of rotatable bonds is 8. The zero-order valence-electron chi connectivity index (χ0n) is 18.7. The van der Waals surface area contributed by atoms with Crippen LogP contribution in [-0.4, -0.2) is 33.4 Å². The summed E-state index contributed by atoms with van der Waals surface area (Å²) in [4.78, 5) is 22.4. The summed E-state index contributed by atoms with van der Waals surface area (Å²) in [5, 5.41) is -0.148. The van der Waals surface area contributed by atoms with Crippen molar-refractivity contribution >= 4 is 57.6 Å². The maximum Gasteiger partial charge on any atom is 0.270 e. The number of benzene rings is 2. The third-order valence-corrected chi connectivity index (χ3v) is 6.14. The van der Waals surface area contributed by atoms with Crippen molar-refractivity contribution in [3.8, 4) is 23.1 Å². The van der Waals surface area contributed by atoms with Crippen LogP contribution in [0.3, 0.4) is 0 Å². The molecule has 1 aliphatic rings. The van der Waals surface area contributed by atoms with E-state index in [4.69, 9.17) is 38.0 Å². The van der Waals surface area contributed by atoms with Gasteiger partial charge in [0.1, 0.15) is 5.75 Å². The Morgan fingerprint density at radius 3 is 2.57 bits per heavy atom. The van der Waals surface area contributed by atoms with Crippen LogP contribution in [-0.2, 0) is 4.79 Å². The van der Waals surface area contributed by atoms with Gasteiger partial charge in [0.05, 0.1) is 30.0 Å². The number of halogens is 2. The Morgan fingerprint density at radius 1 is 1.11 bits per heavy atom. The van der Waals surface area contributed by atoms with Gasteiger partial charge in [0.15, 0.2) is 15.8 Å². The minimum Gasteiger partial charge on any atom is -0.494 e. The van der Waals surface area contributed by atoms with Gasteiger partial charge in [-0.2, -0.15) is 9.37 Å². The quantitative estimate of drug-likeness (QED) is 0.191. The van der Waals surface area contributed by atoms with E-state index in [2.05, 4.69) is 9.97 Å². The normalized spacial score (nSPS) is 14.5. The fourth-order valence-electron chi connectivity index (χ4n) is 3.17. The van der Waals surface area contributed by atoms with Crippen molar-refractivity contribution in [3.05, 3.63) is 70.2 Å². The second-order valence-corrected chi connectivity index (χ2v) is 8.99. The molecule has 1 aliphatic heterocycles. The van der Waals surface area contributed by atoms with Crippen LogP contribution in [0.5, 0.6) is 23.1 Å². The van der Waals surface area contributed by atoms with Crippen LogP contribution in [0.1, 0.15) is 19.4 Å². The van der Waals surface area contributed by atoms with Gasteiger partial charge in [0, 0.05) is 0 Å².